The molecule has 1 N–H and O–H groups in total. The first kappa shape index (κ1) is 12.7. The SMILES string of the molecule is CCn1nccc1C(=O)N[C@H](C)[C@H]1C[C@@H]2CC[C@@H]1C2. The molecule has 0 unspecified atom stereocenters. The Kier molecular flexibility index (Phi) is 3.33. The monoisotopic (exact) mass is 261 g/mol. The van der Waals surface area contributed by atoms with Crippen molar-refractivity contribution < 1.29 is 4.79 Å². The van der Waals surface area contributed by atoms with Crippen molar-refractivity contribution in [3.05, 3.63) is 18.0 Å². The van der Waals surface area contributed by atoms with Gasteiger partial charge >= 0.3 is 0 Å². The maximum atomic E-state index is 12.3. The molecule has 3 rings (SSSR count). The number of carbonyl (C=O) groups is 1. The molecule has 2 fully saturated rings. The normalized spacial score (nSPS) is 30.5. The lowest BCUT2D eigenvalue weighted by Gasteiger charge is -2.28. The zero-order valence-electron chi connectivity index (χ0n) is 11.8. The molecule has 1 aromatic rings. The molecule has 0 aliphatic heterocycles. The summed E-state index contributed by atoms with van der Waals surface area (Å²) in [6, 6.07) is 2.08. The van der Waals surface area contributed by atoms with E-state index < -0.39 is 0 Å². The molecule has 2 bridgehead atoms. The average Bonchev–Trinajstić information content (AvgIpc) is 3.13. The molecule has 4 heteroatoms. The van der Waals surface area contributed by atoms with E-state index in [-0.39, 0.29) is 11.9 Å². The molecule has 2 aliphatic carbocycles. The van der Waals surface area contributed by atoms with Crippen LogP contribution >= 0.6 is 0 Å². The Labute approximate surface area is 114 Å². The minimum atomic E-state index is 0.0228. The highest BCUT2D eigenvalue weighted by atomic mass is 16.2. The average molecular weight is 261 g/mol. The molecular formula is C15H23N3O. The summed E-state index contributed by atoms with van der Waals surface area (Å²) in [5.74, 6) is 2.47. The van der Waals surface area contributed by atoms with Crippen LogP contribution in [-0.4, -0.2) is 21.7 Å². The molecule has 1 heterocycles. The Balaban J connectivity index is 1.63. The number of nitrogens with one attached hydrogen (secondary N) is 1. The number of amides is 1. The van der Waals surface area contributed by atoms with Crippen molar-refractivity contribution in [1.29, 1.82) is 0 Å². The van der Waals surface area contributed by atoms with E-state index in [2.05, 4.69) is 17.3 Å². The second-order valence-corrected chi connectivity index (χ2v) is 6.13. The molecule has 0 radical (unpaired) electrons. The van der Waals surface area contributed by atoms with Crippen molar-refractivity contribution in [1.82, 2.24) is 15.1 Å². The Morgan fingerprint density at radius 2 is 2.37 bits per heavy atom. The molecule has 2 saturated carbocycles. The van der Waals surface area contributed by atoms with Crippen LogP contribution in [0, 0.1) is 17.8 Å². The first-order valence-corrected chi connectivity index (χ1v) is 7.51. The van der Waals surface area contributed by atoms with Crippen molar-refractivity contribution in [2.24, 2.45) is 17.8 Å². The third-order valence-electron chi connectivity index (χ3n) is 5.04. The van der Waals surface area contributed by atoms with E-state index in [1.807, 2.05) is 6.92 Å². The van der Waals surface area contributed by atoms with Gasteiger partial charge in [0.05, 0.1) is 0 Å². The lowest BCUT2D eigenvalue weighted by Crippen LogP contribution is -2.40. The molecule has 104 valence electrons. The number of hydrogen-bond acceptors (Lipinski definition) is 2. The summed E-state index contributed by atoms with van der Waals surface area (Å²) in [4.78, 5) is 12.3. The van der Waals surface area contributed by atoms with Crippen LogP contribution in [-0.2, 0) is 6.54 Å². The first-order valence-electron chi connectivity index (χ1n) is 7.51. The van der Waals surface area contributed by atoms with E-state index >= 15 is 0 Å². The number of fused-ring (bicyclic) bond motifs is 2. The second kappa shape index (κ2) is 4.99. The molecule has 0 spiro atoms. The van der Waals surface area contributed by atoms with Gasteiger partial charge in [-0.25, -0.2) is 0 Å². The Morgan fingerprint density at radius 3 is 3.00 bits per heavy atom. The maximum Gasteiger partial charge on any atom is 0.269 e. The minimum absolute atomic E-state index is 0.0228. The van der Waals surface area contributed by atoms with Gasteiger partial charge in [0.25, 0.3) is 5.91 Å². The number of aryl methyl sites for hydroxylation is 1. The largest absolute Gasteiger partial charge is 0.348 e. The summed E-state index contributed by atoms with van der Waals surface area (Å²) in [6.07, 6.45) is 7.16. The summed E-state index contributed by atoms with van der Waals surface area (Å²) >= 11 is 0. The van der Waals surface area contributed by atoms with Crippen molar-refractivity contribution in [2.75, 3.05) is 0 Å². The van der Waals surface area contributed by atoms with Crippen LogP contribution in [0.15, 0.2) is 12.3 Å². The molecule has 4 nitrogen and oxygen atoms in total. The third-order valence-corrected chi connectivity index (χ3v) is 5.04. The Bertz CT molecular complexity index is 468. The zero-order valence-corrected chi connectivity index (χ0v) is 11.8. The summed E-state index contributed by atoms with van der Waals surface area (Å²) in [5.41, 5.74) is 0.678. The van der Waals surface area contributed by atoms with E-state index in [1.165, 1.54) is 25.7 Å². The van der Waals surface area contributed by atoms with Crippen LogP contribution in [0.2, 0.25) is 0 Å². The summed E-state index contributed by atoms with van der Waals surface area (Å²) in [7, 11) is 0. The van der Waals surface area contributed by atoms with Crippen LogP contribution < -0.4 is 5.32 Å². The van der Waals surface area contributed by atoms with Gasteiger partial charge in [-0.05, 0) is 56.9 Å². The van der Waals surface area contributed by atoms with Gasteiger partial charge in [-0.1, -0.05) is 6.42 Å². The van der Waals surface area contributed by atoms with Crippen LogP contribution in [0.3, 0.4) is 0 Å². The second-order valence-electron chi connectivity index (χ2n) is 6.13. The van der Waals surface area contributed by atoms with Gasteiger partial charge in [0.2, 0.25) is 0 Å². The van der Waals surface area contributed by atoms with E-state index in [9.17, 15) is 4.79 Å². The fourth-order valence-electron chi connectivity index (χ4n) is 4.07. The van der Waals surface area contributed by atoms with Gasteiger partial charge in [0, 0.05) is 18.8 Å². The van der Waals surface area contributed by atoms with Crippen LogP contribution in [0.5, 0.6) is 0 Å². The lowest BCUT2D eigenvalue weighted by molar-refractivity contribution is 0.0904. The molecule has 0 aromatic carbocycles. The van der Waals surface area contributed by atoms with Crippen LogP contribution in [0.25, 0.3) is 0 Å². The molecular weight excluding hydrogens is 238 g/mol. The maximum absolute atomic E-state index is 12.3. The summed E-state index contributed by atoms with van der Waals surface area (Å²) in [5, 5.41) is 7.34. The highest BCUT2D eigenvalue weighted by Crippen LogP contribution is 2.49. The zero-order chi connectivity index (χ0) is 13.4. The highest BCUT2D eigenvalue weighted by molar-refractivity contribution is 5.92. The summed E-state index contributed by atoms with van der Waals surface area (Å²) in [6.45, 7) is 4.90. The van der Waals surface area contributed by atoms with Crippen LogP contribution in [0.1, 0.15) is 50.0 Å². The van der Waals surface area contributed by atoms with Gasteiger partial charge in [-0.15, -0.1) is 0 Å². The van der Waals surface area contributed by atoms with E-state index in [0.717, 1.165) is 18.4 Å². The van der Waals surface area contributed by atoms with Crippen molar-refractivity contribution in [3.8, 4) is 0 Å². The van der Waals surface area contributed by atoms with Crippen molar-refractivity contribution >= 4 is 5.91 Å². The van der Waals surface area contributed by atoms with Gasteiger partial charge in [0.1, 0.15) is 5.69 Å². The predicted molar refractivity (Wildman–Crippen MR) is 73.8 cm³/mol. The molecule has 2 aliphatic rings. The Hall–Kier alpha value is -1.32. The first-order chi connectivity index (χ1) is 9.19. The molecule has 1 amide bonds. The number of hydrogen-bond donors (Lipinski definition) is 1. The van der Waals surface area contributed by atoms with E-state index in [0.29, 0.717) is 11.6 Å². The van der Waals surface area contributed by atoms with Crippen molar-refractivity contribution in [2.45, 2.75) is 52.1 Å². The van der Waals surface area contributed by atoms with E-state index in [4.69, 9.17) is 0 Å². The number of nitrogens with zero attached hydrogens (tertiary/aromatic N) is 2. The quantitative estimate of drug-likeness (QED) is 0.905. The fourth-order valence-corrected chi connectivity index (χ4v) is 4.07. The van der Waals surface area contributed by atoms with Gasteiger partial charge in [-0.2, -0.15) is 5.10 Å². The van der Waals surface area contributed by atoms with Crippen LogP contribution in [0.4, 0.5) is 0 Å². The standard InChI is InChI=1S/C15H23N3O/c1-3-18-14(6-7-16-18)15(19)17-10(2)13-9-11-4-5-12(13)8-11/h6-7,10-13H,3-5,8-9H2,1-2H3,(H,17,19)/t10-,11-,12-,13-/m1/s1. The molecule has 4 atom stereocenters. The Morgan fingerprint density at radius 1 is 1.53 bits per heavy atom. The van der Waals surface area contributed by atoms with Gasteiger partial charge in [0.15, 0.2) is 0 Å². The van der Waals surface area contributed by atoms with Gasteiger partial charge in [-0.3, -0.25) is 9.48 Å². The van der Waals surface area contributed by atoms with Gasteiger partial charge < -0.3 is 5.32 Å². The molecule has 19 heavy (non-hydrogen) atoms. The van der Waals surface area contributed by atoms with Crippen molar-refractivity contribution in [3.63, 3.8) is 0 Å². The third kappa shape index (κ3) is 2.28. The smallest absolute Gasteiger partial charge is 0.269 e. The fraction of sp³-hybridized carbons (Fsp3) is 0.733. The summed E-state index contributed by atoms with van der Waals surface area (Å²) < 4.78 is 1.75. The highest BCUT2D eigenvalue weighted by Gasteiger charge is 2.42. The molecule has 0 saturated heterocycles. The lowest BCUT2D eigenvalue weighted by atomic mass is 9.84. The number of carbonyl (C=O) groups excluding carboxylic acids is 1. The number of rotatable bonds is 4. The topological polar surface area (TPSA) is 46.9 Å². The predicted octanol–water partition coefficient (Wildman–Crippen LogP) is 2.46. The number of aromatic nitrogens is 2. The van der Waals surface area contributed by atoms with E-state index in [1.54, 1.807) is 16.9 Å². The minimum Gasteiger partial charge on any atom is -0.348 e. The molecule has 1 aromatic heterocycles.